The molecule has 0 unspecified atom stereocenters. The smallest absolute Gasteiger partial charge is 0.433 e. The van der Waals surface area contributed by atoms with Crippen LogP contribution in [-0.2, 0) is 0 Å². The molecule has 7 heteroatoms. The molecule has 11 heavy (non-hydrogen) atoms. The summed E-state index contributed by atoms with van der Waals surface area (Å²) in [5.74, 6) is 0. The van der Waals surface area contributed by atoms with Gasteiger partial charge < -0.3 is 10.2 Å². The Kier molecular flexibility index (Phi) is 4.04. The van der Waals surface area contributed by atoms with Crippen LogP contribution in [0.2, 0.25) is 0 Å². The molecule has 6 nitrogen and oxygen atoms in total. The van der Waals surface area contributed by atoms with Crippen LogP contribution in [0, 0.1) is 0 Å². The molecule has 3 N–H and O–H groups in total. The van der Waals surface area contributed by atoms with Crippen LogP contribution in [0.1, 0.15) is 0 Å². The maximum atomic E-state index is 9.95. The van der Waals surface area contributed by atoms with Gasteiger partial charge in [0.2, 0.25) is 0 Å². The zero-order chi connectivity index (χ0) is 8.85. The Morgan fingerprint density at radius 2 is 2.00 bits per heavy atom. The lowest BCUT2D eigenvalue weighted by Crippen LogP contribution is -2.26. The Morgan fingerprint density at radius 1 is 1.45 bits per heavy atom. The van der Waals surface area contributed by atoms with Crippen molar-refractivity contribution in [2.75, 3.05) is 6.26 Å². The highest BCUT2D eigenvalue weighted by Gasteiger charge is 2.03. The highest BCUT2D eigenvalue weighted by molar-refractivity contribution is 8.13. The Hall–Kier alpha value is -1.24. The molecule has 0 saturated heterocycles. The maximum absolute atomic E-state index is 9.95. The Balaban J connectivity index is 4.16. The summed E-state index contributed by atoms with van der Waals surface area (Å²) in [5.41, 5.74) is 0. The summed E-state index contributed by atoms with van der Waals surface area (Å²) in [6, 6.07) is 0. The van der Waals surface area contributed by atoms with Gasteiger partial charge in [-0.05, 0) is 6.26 Å². The lowest BCUT2D eigenvalue weighted by molar-refractivity contribution is 0.200. The number of aliphatic imine (C=N–C) groups is 1. The van der Waals surface area contributed by atoms with E-state index in [1.807, 2.05) is 5.32 Å². The van der Waals surface area contributed by atoms with Crippen LogP contribution in [0.3, 0.4) is 0 Å². The molecule has 2 amide bonds. The molecule has 0 aliphatic rings. The van der Waals surface area contributed by atoms with Crippen molar-refractivity contribution in [2.45, 2.75) is 0 Å². The van der Waals surface area contributed by atoms with Gasteiger partial charge in [0, 0.05) is 0 Å². The number of carboxylic acid groups (broad SMARTS) is 2. The fourth-order valence-electron chi connectivity index (χ4n) is 0.303. The van der Waals surface area contributed by atoms with Gasteiger partial charge in [-0.2, -0.15) is 4.99 Å². The SMILES string of the molecule is CSC(=NC(=O)O)NC(=O)O. The van der Waals surface area contributed by atoms with E-state index in [0.717, 1.165) is 11.8 Å². The van der Waals surface area contributed by atoms with Crippen molar-refractivity contribution in [1.29, 1.82) is 0 Å². The van der Waals surface area contributed by atoms with Crippen LogP contribution in [0.5, 0.6) is 0 Å². The summed E-state index contributed by atoms with van der Waals surface area (Å²) >= 11 is 0.904. The van der Waals surface area contributed by atoms with Crippen LogP contribution in [-0.4, -0.2) is 33.8 Å². The predicted molar refractivity (Wildman–Crippen MR) is 40.1 cm³/mol. The molecule has 0 bridgehead atoms. The van der Waals surface area contributed by atoms with Crippen LogP contribution in [0.25, 0.3) is 0 Å². The second kappa shape index (κ2) is 4.56. The quantitative estimate of drug-likeness (QED) is 0.373. The summed E-state index contributed by atoms with van der Waals surface area (Å²) in [7, 11) is 0. The zero-order valence-electron chi connectivity index (χ0n) is 5.57. The second-order valence-electron chi connectivity index (χ2n) is 1.33. The normalized spacial score (nSPS) is 10.8. The zero-order valence-corrected chi connectivity index (χ0v) is 6.38. The largest absolute Gasteiger partial charge is 0.465 e. The molecule has 0 aliphatic heterocycles. The van der Waals surface area contributed by atoms with Gasteiger partial charge in [0.15, 0.2) is 5.17 Å². The number of hydrogen-bond acceptors (Lipinski definition) is 3. The third-order valence-corrected chi connectivity index (χ3v) is 1.18. The van der Waals surface area contributed by atoms with Gasteiger partial charge in [-0.15, -0.1) is 0 Å². The van der Waals surface area contributed by atoms with Gasteiger partial charge in [0.1, 0.15) is 0 Å². The van der Waals surface area contributed by atoms with Crippen molar-refractivity contribution >= 4 is 29.1 Å². The van der Waals surface area contributed by atoms with Gasteiger partial charge in [-0.1, -0.05) is 11.8 Å². The molecule has 0 aromatic heterocycles. The molecule has 0 aliphatic carbocycles. The minimum Gasteiger partial charge on any atom is -0.465 e. The summed E-state index contributed by atoms with van der Waals surface area (Å²) in [6.07, 6.45) is -1.25. The summed E-state index contributed by atoms with van der Waals surface area (Å²) in [4.78, 5) is 22.8. The number of nitrogens with zero attached hydrogens (tertiary/aromatic N) is 1. The van der Waals surface area contributed by atoms with Crippen LogP contribution in [0.4, 0.5) is 9.59 Å². The minimum atomic E-state index is -1.43. The predicted octanol–water partition coefficient (Wildman–Crippen LogP) is 0.651. The first-order valence-electron chi connectivity index (χ1n) is 2.42. The number of amidine groups is 1. The molecule has 0 rings (SSSR count). The lowest BCUT2D eigenvalue weighted by Gasteiger charge is -1.97. The molecule has 0 spiro atoms. The molecule has 0 heterocycles. The number of nitrogens with one attached hydrogen (secondary N) is 1. The maximum Gasteiger partial charge on any atom is 0.433 e. The van der Waals surface area contributed by atoms with E-state index < -0.39 is 12.2 Å². The summed E-state index contributed by atoms with van der Waals surface area (Å²) in [5, 5.41) is 17.9. The van der Waals surface area contributed by atoms with E-state index in [1.165, 1.54) is 6.26 Å². The van der Waals surface area contributed by atoms with E-state index in [4.69, 9.17) is 10.2 Å². The summed E-state index contributed by atoms with van der Waals surface area (Å²) in [6.45, 7) is 0. The first kappa shape index (κ1) is 9.76. The fourth-order valence-corrected chi connectivity index (χ4v) is 0.662. The van der Waals surface area contributed by atoms with E-state index in [0.29, 0.717) is 0 Å². The molecule has 0 aromatic carbocycles. The van der Waals surface area contributed by atoms with Crippen molar-refractivity contribution in [2.24, 2.45) is 4.99 Å². The molecule has 0 fully saturated rings. The Labute approximate surface area is 66.3 Å². The standard InChI is InChI=1S/C4H6N2O4S/c1-11-2(5-3(7)8)6-4(9)10/h1H3,(H,5,6)(H,7,8)(H,9,10). The van der Waals surface area contributed by atoms with E-state index in [-0.39, 0.29) is 5.17 Å². The highest BCUT2D eigenvalue weighted by Crippen LogP contribution is 1.94. The summed E-state index contributed by atoms with van der Waals surface area (Å²) < 4.78 is 0. The van der Waals surface area contributed by atoms with Crippen molar-refractivity contribution in [1.82, 2.24) is 5.32 Å². The minimum absolute atomic E-state index is 0.162. The Morgan fingerprint density at radius 3 is 2.27 bits per heavy atom. The monoisotopic (exact) mass is 178 g/mol. The van der Waals surface area contributed by atoms with Gasteiger partial charge in [0.05, 0.1) is 0 Å². The third kappa shape index (κ3) is 5.22. The number of thioether (sulfide) groups is 1. The fraction of sp³-hybridized carbons (Fsp3) is 0.250. The topological polar surface area (TPSA) is 99.0 Å². The molecule has 0 radical (unpaired) electrons. The average Bonchev–Trinajstić information content (AvgIpc) is 1.84. The van der Waals surface area contributed by atoms with Gasteiger partial charge in [-0.3, -0.25) is 5.32 Å². The second-order valence-corrected chi connectivity index (χ2v) is 2.13. The molecule has 0 saturated carbocycles. The van der Waals surface area contributed by atoms with E-state index in [1.54, 1.807) is 0 Å². The molecular weight excluding hydrogens is 172 g/mol. The molecular formula is C4H6N2O4S. The van der Waals surface area contributed by atoms with E-state index >= 15 is 0 Å². The van der Waals surface area contributed by atoms with Crippen LogP contribution in [0.15, 0.2) is 4.99 Å². The van der Waals surface area contributed by atoms with Crippen molar-refractivity contribution in [3.05, 3.63) is 0 Å². The van der Waals surface area contributed by atoms with Crippen molar-refractivity contribution in [3.8, 4) is 0 Å². The Bertz CT molecular complexity index is 202. The number of amides is 2. The van der Waals surface area contributed by atoms with E-state index in [9.17, 15) is 9.59 Å². The number of rotatable bonds is 0. The first-order chi connectivity index (χ1) is 5.06. The lowest BCUT2D eigenvalue weighted by atomic mass is 11.0. The molecule has 0 aromatic rings. The van der Waals surface area contributed by atoms with E-state index in [2.05, 4.69) is 4.99 Å². The highest BCUT2D eigenvalue weighted by atomic mass is 32.2. The van der Waals surface area contributed by atoms with Gasteiger partial charge in [-0.25, -0.2) is 9.59 Å². The van der Waals surface area contributed by atoms with Crippen molar-refractivity contribution < 1.29 is 19.8 Å². The third-order valence-electron chi connectivity index (χ3n) is 0.604. The number of hydrogen-bond donors (Lipinski definition) is 3. The average molecular weight is 178 g/mol. The van der Waals surface area contributed by atoms with Gasteiger partial charge >= 0.3 is 12.2 Å². The van der Waals surface area contributed by atoms with Gasteiger partial charge in [0.25, 0.3) is 0 Å². The van der Waals surface area contributed by atoms with Crippen LogP contribution >= 0.6 is 11.8 Å². The van der Waals surface area contributed by atoms with Crippen molar-refractivity contribution in [3.63, 3.8) is 0 Å². The first-order valence-corrected chi connectivity index (χ1v) is 3.64. The van der Waals surface area contributed by atoms with Crippen LogP contribution < -0.4 is 5.32 Å². The number of carbonyl (C=O) groups is 2. The molecule has 62 valence electrons. The molecule has 0 atom stereocenters.